The highest BCUT2D eigenvalue weighted by atomic mass is 127. The minimum Gasteiger partial charge on any atom is -0.493 e. The molecule has 3 aromatic carbocycles. The topological polar surface area (TPSA) is 149 Å². The summed E-state index contributed by atoms with van der Waals surface area (Å²) in [5, 5.41) is 20.7. The van der Waals surface area contributed by atoms with Crippen molar-refractivity contribution in [2.24, 2.45) is 5.10 Å². The molecule has 0 aromatic heterocycles. The van der Waals surface area contributed by atoms with Gasteiger partial charge in [0.1, 0.15) is 13.2 Å². The number of aliphatic hydroxyl groups is 1. The minimum absolute atomic E-state index is 0.178. The first kappa shape index (κ1) is 34.7. The van der Waals surface area contributed by atoms with Crippen LogP contribution in [0.25, 0.3) is 0 Å². The van der Waals surface area contributed by atoms with Gasteiger partial charge in [-0.25, -0.2) is 9.59 Å². The van der Waals surface area contributed by atoms with Gasteiger partial charge < -0.3 is 39.4 Å². The van der Waals surface area contributed by atoms with Gasteiger partial charge in [-0.1, -0.05) is 29.8 Å². The third-order valence-electron chi connectivity index (χ3n) is 6.66. The van der Waals surface area contributed by atoms with E-state index in [1.54, 1.807) is 44.4 Å². The van der Waals surface area contributed by atoms with Crippen molar-refractivity contribution in [2.45, 2.75) is 32.7 Å². The fourth-order valence-electron chi connectivity index (χ4n) is 4.54. The van der Waals surface area contributed by atoms with Crippen molar-refractivity contribution in [1.29, 1.82) is 0 Å². The molecular weight excluding hydrogens is 731 g/mol. The smallest absolute Gasteiger partial charge is 0.337 e. The molecule has 1 aliphatic rings. The average molecular weight is 765 g/mol. The van der Waals surface area contributed by atoms with Crippen LogP contribution in [0.4, 0.5) is 4.79 Å². The summed E-state index contributed by atoms with van der Waals surface area (Å²) in [5.74, 6) is 1.15. The van der Waals surface area contributed by atoms with Crippen molar-refractivity contribution in [3.8, 4) is 23.0 Å². The van der Waals surface area contributed by atoms with Crippen LogP contribution in [0.5, 0.6) is 23.0 Å². The van der Waals surface area contributed by atoms with Crippen LogP contribution in [0, 0.1) is 3.57 Å². The minimum atomic E-state index is -1.19. The second kappa shape index (κ2) is 16.4. The summed E-state index contributed by atoms with van der Waals surface area (Å²) in [6, 6.07) is 14.8. The molecule has 0 spiro atoms. The highest BCUT2D eigenvalue weighted by molar-refractivity contribution is 14.1. The fourth-order valence-corrected chi connectivity index (χ4v) is 5.29. The fraction of sp³-hybridized carbons (Fsp3) is 0.281. The van der Waals surface area contributed by atoms with Crippen LogP contribution in [0.15, 0.2) is 71.0 Å². The Morgan fingerprint density at radius 1 is 1.09 bits per heavy atom. The molecule has 0 radical (unpaired) electrons. The number of hydrogen-bond donors (Lipinski definition) is 4. The van der Waals surface area contributed by atoms with Gasteiger partial charge in [0, 0.05) is 19.9 Å². The number of carbonyl (C=O) groups is 2. The molecule has 0 bridgehead atoms. The van der Waals surface area contributed by atoms with E-state index in [9.17, 15) is 14.7 Å². The number of benzene rings is 3. The zero-order valence-electron chi connectivity index (χ0n) is 25.6. The normalized spacial score (nSPS) is 15.1. The lowest BCUT2D eigenvalue weighted by Crippen LogP contribution is -2.45. The molecule has 0 unspecified atom stereocenters. The summed E-state index contributed by atoms with van der Waals surface area (Å²) in [7, 11) is 2.83. The van der Waals surface area contributed by atoms with E-state index in [1.807, 2.05) is 31.2 Å². The Bertz CT molecular complexity index is 1620. The van der Waals surface area contributed by atoms with Crippen LogP contribution in [-0.2, 0) is 16.1 Å². The maximum Gasteiger partial charge on any atom is 0.337 e. The molecule has 3 aromatic rings. The number of rotatable bonds is 14. The van der Waals surface area contributed by atoms with Crippen LogP contribution >= 0.6 is 34.2 Å². The molecule has 0 saturated heterocycles. The van der Waals surface area contributed by atoms with Crippen molar-refractivity contribution in [1.82, 2.24) is 16.1 Å². The largest absolute Gasteiger partial charge is 0.493 e. The molecule has 244 valence electrons. The number of hydrogen-bond acceptors (Lipinski definition) is 10. The summed E-state index contributed by atoms with van der Waals surface area (Å²) >= 11 is 8.16. The average Bonchev–Trinajstić information content (AvgIpc) is 3.03. The van der Waals surface area contributed by atoms with Gasteiger partial charge in [0.15, 0.2) is 29.2 Å². The second-order valence-corrected chi connectivity index (χ2v) is 11.5. The first-order chi connectivity index (χ1) is 22.1. The Labute approximate surface area is 285 Å². The number of hydrazone groups is 1. The van der Waals surface area contributed by atoms with E-state index in [-0.39, 0.29) is 18.8 Å². The van der Waals surface area contributed by atoms with E-state index in [1.165, 1.54) is 13.3 Å². The highest BCUT2D eigenvalue weighted by Gasteiger charge is 2.32. The maximum absolute atomic E-state index is 12.5. The molecule has 0 saturated carbocycles. The van der Waals surface area contributed by atoms with Gasteiger partial charge in [0.25, 0.3) is 0 Å². The number of carbonyl (C=O) groups excluding carboxylic acids is 2. The Morgan fingerprint density at radius 2 is 1.85 bits per heavy atom. The van der Waals surface area contributed by atoms with Crippen molar-refractivity contribution < 1.29 is 38.4 Å². The van der Waals surface area contributed by atoms with Crippen LogP contribution < -0.4 is 35.0 Å². The standard InChI is InChI=1S/C32H34ClIN4O8/c1-5-44-25-13-20(29-28(31(40)43-4)18(2)36-32(41)37-29)8-11-24(25)45-17-27(39)38-35-15-21-12-23(34)14-26(42-3)30(21)46-16-19-6-9-22(33)10-7-19/h6-15,27,29,38-39H,5,16-17H2,1-4H3,(H2,36,37,41)/b35-15+/t27-,29-/m1/s1. The number of methoxy groups -OCH3 is 2. The first-order valence-corrected chi connectivity index (χ1v) is 15.6. The lowest BCUT2D eigenvalue weighted by molar-refractivity contribution is -0.136. The molecule has 0 fully saturated rings. The lowest BCUT2D eigenvalue weighted by atomic mass is 9.95. The monoisotopic (exact) mass is 764 g/mol. The zero-order chi connectivity index (χ0) is 33.2. The molecule has 2 amide bonds. The van der Waals surface area contributed by atoms with E-state index in [0.717, 1.165) is 9.13 Å². The number of ether oxygens (including phenoxy) is 5. The summed E-state index contributed by atoms with van der Waals surface area (Å²) in [6.45, 7) is 3.86. The predicted octanol–water partition coefficient (Wildman–Crippen LogP) is 5.05. The Kier molecular flexibility index (Phi) is 12.3. The second-order valence-electron chi connectivity index (χ2n) is 9.86. The number of amides is 2. The molecule has 4 rings (SSSR count). The maximum atomic E-state index is 12.5. The lowest BCUT2D eigenvalue weighted by Gasteiger charge is -2.28. The molecule has 2 atom stereocenters. The Morgan fingerprint density at radius 3 is 2.54 bits per heavy atom. The van der Waals surface area contributed by atoms with Crippen LogP contribution in [-0.4, -0.2) is 57.0 Å². The van der Waals surface area contributed by atoms with E-state index in [2.05, 4.69) is 43.8 Å². The summed E-state index contributed by atoms with van der Waals surface area (Å²) in [4.78, 5) is 24.7. The third kappa shape index (κ3) is 8.95. The van der Waals surface area contributed by atoms with Crippen molar-refractivity contribution in [2.75, 3.05) is 27.4 Å². The van der Waals surface area contributed by atoms with Crippen LogP contribution in [0.2, 0.25) is 5.02 Å². The quantitative estimate of drug-likeness (QED) is 0.0582. The van der Waals surface area contributed by atoms with Crippen molar-refractivity contribution in [3.05, 3.63) is 91.2 Å². The van der Waals surface area contributed by atoms with Crippen molar-refractivity contribution >= 4 is 52.4 Å². The van der Waals surface area contributed by atoms with E-state index in [0.29, 0.717) is 51.5 Å². The van der Waals surface area contributed by atoms with Gasteiger partial charge >= 0.3 is 12.0 Å². The van der Waals surface area contributed by atoms with E-state index >= 15 is 0 Å². The van der Waals surface area contributed by atoms with Gasteiger partial charge in [-0.15, -0.1) is 0 Å². The molecule has 14 heteroatoms. The number of allylic oxidation sites excluding steroid dienone is 1. The molecular formula is C32H34ClIN4O8. The number of halogens is 2. The van der Waals surface area contributed by atoms with Gasteiger partial charge in [0.2, 0.25) is 0 Å². The van der Waals surface area contributed by atoms with Gasteiger partial charge in [-0.05, 0) is 84.0 Å². The molecule has 1 aliphatic heterocycles. The summed E-state index contributed by atoms with van der Waals surface area (Å²) < 4.78 is 29.1. The number of nitrogens with zero attached hydrogens (tertiary/aromatic N) is 1. The van der Waals surface area contributed by atoms with Gasteiger partial charge in [-0.3, -0.25) is 5.43 Å². The van der Waals surface area contributed by atoms with Gasteiger partial charge in [-0.2, -0.15) is 5.10 Å². The zero-order valence-corrected chi connectivity index (χ0v) is 28.5. The molecule has 4 N–H and O–H groups in total. The molecule has 0 aliphatic carbocycles. The summed E-state index contributed by atoms with van der Waals surface area (Å²) in [6.07, 6.45) is 0.335. The highest BCUT2D eigenvalue weighted by Crippen LogP contribution is 2.35. The van der Waals surface area contributed by atoms with E-state index < -0.39 is 24.3 Å². The molecule has 1 heterocycles. The predicted molar refractivity (Wildman–Crippen MR) is 180 cm³/mol. The summed E-state index contributed by atoms with van der Waals surface area (Å²) in [5.41, 5.74) is 5.44. The Balaban J connectivity index is 1.44. The Hall–Kier alpha value is -4.21. The third-order valence-corrected chi connectivity index (χ3v) is 7.54. The number of urea groups is 1. The number of nitrogens with one attached hydrogen (secondary N) is 3. The first-order valence-electron chi connectivity index (χ1n) is 14.1. The van der Waals surface area contributed by atoms with Crippen LogP contribution in [0.3, 0.4) is 0 Å². The van der Waals surface area contributed by atoms with Crippen LogP contribution in [0.1, 0.15) is 36.6 Å². The van der Waals surface area contributed by atoms with E-state index in [4.69, 9.17) is 35.3 Å². The van der Waals surface area contributed by atoms with Gasteiger partial charge in [0.05, 0.1) is 38.7 Å². The molecule has 12 nitrogen and oxygen atoms in total. The SMILES string of the molecule is CCOc1cc([C@H]2NC(=O)NC(C)=C2C(=O)OC)ccc1OC[C@@H](O)N/N=C/c1cc(I)cc(OC)c1OCc1ccc(Cl)cc1. The van der Waals surface area contributed by atoms with Crippen molar-refractivity contribution in [3.63, 3.8) is 0 Å². The molecule has 46 heavy (non-hydrogen) atoms. The number of esters is 1. The number of aliphatic hydroxyl groups excluding tert-OH is 1.